The van der Waals surface area contributed by atoms with Gasteiger partial charge in [-0.3, -0.25) is 4.55 Å². The minimum Gasteiger partial charge on any atom is -0.422 e. The van der Waals surface area contributed by atoms with E-state index in [1.807, 2.05) is 13.8 Å². The summed E-state index contributed by atoms with van der Waals surface area (Å²) in [6.07, 6.45) is 4.79. The molecule has 0 amide bonds. The predicted molar refractivity (Wildman–Crippen MR) is 81.9 cm³/mol. The van der Waals surface area contributed by atoms with Gasteiger partial charge in [-0.1, -0.05) is 19.3 Å². The third kappa shape index (κ3) is 12.9. The molecule has 1 atom stereocenters. The fourth-order valence-corrected chi connectivity index (χ4v) is 1.70. The zero-order valence-electron chi connectivity index (χ0n) is 13.2. The molecule has 0 aromatic rings. The Morgan fingerprint density at radius 2 is 1.68 bits per heavy atom. The number of hydrogen-bond donors (Lipinski definition) is 1. The predicted octanol–water partition coefficient (Wildman–Crippen LogP) is 1.44. The largest absolute Gasteiger partial charge is 0.422 e. The molecule has 0 aromatic carbocycles. The Morgan fingerprint density at radius 1 is 1.05 bits per heavy atom. The van der Waals surface area contributed by atoms with Gasteiger partial charge >= 0.3 is 10.1 Å². The normalized spacial score (nSPS) is 12.5. The zero-order valence-corrected chi connectivity index (χ0v) is 14.1. The molecule has 0 fully saturated rings. The first-order chi connectivity index (χ1) is 10.5. The van der Waals surface area contributed by atoms with Gasteiger partial charge in [0.05, 0.1) is 26.4 Å². The second-order valence-electron chi connectivity index (χ2n) is 4.33. The molecule has 7 nitrogen and oxygen atoms in total. The molecule has 0 radical (unpaired) electrons. The smallest absolute Gasteiger partial charge is 0.306 e. The van der Waals surface area contributed by atoms with Gasteiger partial charge in [-0.15, -0.1) is 0 Å². The Morgan fingerprint density at radius 3 is 2.27 bits per heavy atom. The molecule has 0 rings (SSSR count). The fraction of sp³-hybridized carbons (Fsp3) is 0.857. The number of hydrogen-bond acceptors (Lipinski definition) is 6. The molecule has 1 N–H and O–H groups in total. The highest BCUT2D eigenvalue weighted by atomic mass is 32.2. The van der Waals surface area contributed by atoms with Crippen molar-refractivity contribution < 1.29 is 31.9 Å². The first-order valence-electron chi connectivity index (χ1n) is 7.35. The van der Waals surface area contributed by atoms with Crippen LogP contribution in [-0.2, 0) is 29.1 Å². The third-order valence-corrected chi connectivity index (χ3v) is 3.35. The van der Waals surface area contributed by atoms with Crippen LogP contribution >= 0.6 is 0 Å². The standard InChI is InChI=1S/C14H26O7S/c1-3-5-6-7-8-21-14(22(15,16)17)13-20-12-11-19-10-9-18-4-2/h14H,3-6,9-13H2,1-2H3,(H,15,16,17). The summed E-state index contributed by atoms with van der Waals surface area (Å²) in [4.78, 5) is 0. The van der Waals surface area contributed by atoms with Crippen molar-refractivity contribution in [1.82, 2.24) is 0 Å². The van der Waals surface area contributed by atoms with E-state index >= 15 is 0 Å². The van der Waals surface area contributed by atoms with Crippen molar-refractivity contribution in [2.45, 2.75) is 38.5 Å². The molecule has 0 heterocycles. The molecular weight excluding hydrogens is 312 g/mol. The molecule has 8 heteroatoms. The van der Waals surface area contributed by atoms with Gasteiger partial charge in [0.1, 0.15) is 12.7 Å². The van der Waals surface area contributed by atoms with Crippen molar-refractivity contribution in [3.63, 3.8) is 0 Å². The average molecular weight is 338 g/mol. The monoisotopic (exact) mass is 338 g/mol. The van der Waals surface area contributed by atoms with E-state index in [1.165, 1.54) is 0 Å². The Labute approximate surface area is 133 Å². The van der Waals surface area contributed by atoms with Gasteiger partial charge in [-0.25, -0.2) is 0 Å². The van der Waals surface area contributed by atoms with Gasteiger partial charge in [-0.2, -0.15) is 8.42 Å². The zero-order chi connectivity index (χ0) is 16.7. The van der Waals surface area contributed by atoms with E-state index in [-0.39, 0.29) is 13.2 Å². The number of ether oxygens (including phenoxy) is 4. The van der Waals surface area contributed by atoms with Crippen LogP contribution in [0.4, 0.5) is 0 Å². The molecule has 0 aliphatic carbocycles. The molecule has 1 unspecified atom stereocenters. The Hall–Kier alpha value is -0.850. The van der Waals surface area contributed by atoms with Crippen molar-refractivity contribution in [2.75, 3.05) is 39.6 Å². The average Bonchev–Trinajstić information content (AvgIpc) is 2.46. The van der Waals surface area contributed by atoms with Crippen LogP contribution in [0.3, 0.4) is 0 Å². The second-order valence-corrected chi connectivity index (χ2v) is 5.88. The lowest BCUT2D eigenvalue weighted by Crippen LogP contribution is -2.28. The van der Waals surface area contributed by atoms with E-state index in [4.69, 9.17) is 23.5 Å². The molecule has 0 aliphatic heterocycles. The van der Waals surface area contributed by atoms with Crippen LogP contribution in [0.2, 0.25) is 0 Å². The molecule has 0 aromatic heterocycles. The maximum Gasteiger partial charge on any atom is 0.306 e. The van der Waals surface area contributed by atoms with Crippen LogP contribution < -0.4 is 0 Å². The van der Waals surface area contributed by atoms with E-state index in [0.29, 0.717) is 32.8 Å². The maximum atomic E-state index is 11.1. The van der Waals surface area contributed by atoms with E-state index in [9.17, 15) is 8.42 Å². The summed E-state index contributed by atoms with van der Waals surface area (Å²) >= 11 is 0. The van der Waals surface area contributed by atoms with E-state index in [0.717, 1.165) is 12.8 Å². The SMILES string of the molecule is CCCCC#COC(COCCOCCOCC)S(=O)(=O)O. The van der Waals surface area contributed by atoms with Crippen LogP contribution in [0, 0.1) is 12.0 Å². The van der Waals surface area contributed by atoms with Gasteiger partial charge in [0.25, 0.3) is 5.44 Å². The Kier molecular flexibility index (Phi) is 13.3. The lowest BCUT2D eigenvalue weighted by Gasteiger charge is -2.12. The highest BCUT2D eigenvalue weighted by Crippen LogP contribution is 2.02. The summed E-state index contributed by atoms with van der Waals surface area (Å²) in [6.45, 7) is 5.66. The lowest BCUT2D eigenvalue weighted by molar-refractivity contribution is 0.00353. The van der Waals surface area contributed by atoms with Crippen LogP contribution in [-0.4, -0.2) is 58.0 Å². The van der Waals surface area contributed by atoms with Crippen molar-refractivity contribution in [3.8, 4) is 12.0 Å². The quantitative estimate of drug-likeness (QED) is 0.309. The maximum absolute atomic E-state index is 11.1. The van der Waals surface area contributed by atoms with E-state index in [1.54, 1.807) is 0 Å². The van der Waals surface area contributed by atoms with Crippen molar-refractivity contribution >= 4 is 10.1 Å². The van der Waals surface area contributed by atoms with Crippen LogP contribution in [0.5, 0.6) is 0 Å². The molecular formula is C14H26O7S. The highest BCUT2D eigenvalue weighted by molar-refractivity contribution is 7.86. The lowest BCUT2D eigenvalue weighted by atomic mass is 10.3. The number of unbranched alkanes of at least 4 members (excludes halogenated alkanes) is 2. The Bertz CT molecular complexity index is 411. The molecule has 130 valence electrons. The summed E-state index contributed by atoms with van der Waals surface area (Å²) < 4.78 is 51.5. The molecule has 0 saturated carbocycles. The summed E-state index contributed by atoms with van der Waals surface area (Å²) in [5.74, 6) is 2.68. The van der Waals surface area contributed by atoms with E-state index < -0.39 is 15.6 Å². The third-order valence-electron chi connectivity index (χ3n) is 2.45. The molecule has 0 bridgehead atoms. The molecule has 22 heavy (non-hydrogen) atoms. The molecule has 0 saturated heterocycles. The van der Waals surface area contributed by atoms with Gasteiger partial charge in [-0.05, 0) is 13.3 Å². The van der Waals surface area contributed by atoms with Gasteiger partial charge in [0.15, 0.2) is 0 Å². The number of rotatable bonds is 13. The second kappa shape index (κ2) is 13.8. The van der Waals surface area contributed by atoms with Crippen LogP contribution in [0.15, 0.2) is 0 Å². The first kappa shape index (κ1) is 21.1. The fourth-order valence-electron chi connectivity index (χ4n) is 1.27. The van der Waals surface area contributed by atoms with Crippen molar-refractivity contribution in [1.29, 1.82) is 0 Å². The topological polar surface area (TPSA) is 91.3 Å². The summed E-state index contributed by atoms with van der Waals surface area (Å²) in [6, 6.07) is 0. The minimum absolute atomic E-state index is 0.185. The van der Waals surface area contributed by atoms with Crippen molar-refractivity contribution in [3.05, 3.63) is 0 Å². The summed E-state index contributed by atoms with van der Waals surface area (Å²) in [5.41, 5.74) is -1.51. The summed E-state index contributed by atoms with van der Waals surface area (Å²) in [7, 11) is -4.37. The molecule has 0 aliphatic rings. The minimum atomic E-state index is -4.37. The van der Waals surface area contributed by atoms with Gasteiger partial charge < -0.3 is 18.9 Å². The van der Waals surface area contributed by atoms with E-state index in [2.05, 4.69) is 12.0 Å². The molecule has 0 spiro atoms. The first-order valence-corrected chi connectivity index (χ1v) is 8.85. The van der Waals surface area contributed by atoms with Crippen molar-refractivity contribution in [2.24, 2.45) is 0 Å². The Balaban J connectivity index is 3.89. The van der Waals surface area contributed by atoms with Gasteiger partial charge in [0, 0.05) is 13.0 Å². The van der Waals surface area contributed by atoms with Crippen LogP contribution in [0.1, 0.15) is 33.1 Å². The van der Waals surface area contributed by atoms with Crippen LogP contribution in [0.25, 0.3) is 0 Å². The highest BCUT2D eigenvalue weighted by Gasteiger charge is 2.24. The summed E-state index contributed by atoms with van der Waals surface area (Å²) in [5, 5.41) is 0. The van der Waals surface area contributed by atoms with Gasteiger partial charge in [0.2, 0.25) is 0 Å².